The van der Waals surface area contributed by atoms with Gasteiger partial charge in [0.05, 0.1) is 22.8 Å². The van der Waals surface area contributed by atoms with Crippen molar-refractivity contribution in [3.63, 3.8) is 0 Å². The zero-order chi connectivity index (χ0) is 53.8. The minimum Gasteiger partial charge on any atom is -0.228 e. The Balaban J connectivity index is 0.750. The van der Waals surface area contributed by atoms with E-state index in [0.717, 1.165) is 67.3 Å². The highest BCUT2D eigenvalue weighted by molar-refractivity contribution is 7.26. The number of aromatic nitrogens is 4. The van der Waals surface area contributed by atoms with Gasteiger partial charge in [-0.05, 0) is 116 Å². The Morgan fingerprint density at radius 1 is 0.207 bits per heavy atom. The number of fused-ring (bicyclic) bond motifs is 6. The first-order valence-corrected chi connectivity index (χ1v) is 29.5. The first-order valence-electron chi connectivity index (χ1n) is 27.9. The van der Waals surface area contributed by atoms with Crippen molar-refractivity contribution in [1.82, 2.24) is 19.9 Å². The largest absolute Gasteiger partial charge is 0.228 e. The minimum atomic E-state index is 0.0421. The van der Waals surface area contributed by atoms with Crippen molar-refractivity contribution in [3.8, 4) is 90.1 Å². The monoisotopic (exact) mass is 1080 g/mol. The van der Waals surface area contributed by atoms with Gasteiger partial charge < -0.3 is 0 Å². The molecule has 0 saturated carbocycles. The Hall–Kier alpha value is -9.98. The predicted molar refractivity (Wildman–Crippen MR) is 342 cm³/mol. The number of nitrogens with zero attached hydrogens (tertiary/aromatic N) is 4. The van der Waals surface area contributed by atoms with Crippen molar-refractivity contribution in [2.75, 3.05) is 0 Å². The average Bonchev–Trinajstić information content (AvgIpc) is 3.96. The van der Waals surface area contributed by atoms with Crippen molar-refractivity contribution in [3.05, 3.63) is 300 Å². The molecule has 4 aromatic heterocycles. The lowest BCUT2D eigenvalue weighted by Crippen LogP contribution is -2.27. The second-order valence-electron chi connectivity index (χ2n) is 21.6. The summed E-state index contributed by atoms with van der Waals surface area (Å²) in [4.78, 5) is 21.3. The fraction of sp³-hybridized carbons (Fsp3) is 0.0263. The van der Waals surface area contributed by atoms with Crippen LogP contribution >= 0.6 is 22.7 Å². The third-order valence-electron chi connectivity index (χ3n) is 16.9. The maximum atomic E-state index is 5.35. The molecule has 4 nitrogen and oxygen atoms in total. The van der Waals surface area contributed by atoms with E-state index in [2.05, 4.69) is 255 Å². The van der Waals surface area contributed by atoms with Crippen molar-refractivity contribution in [2.45, 2.75) is 11.8 Å². The van der Waals surface area contributed by atoms with Gasteiger partial charge in [-0.15, -0.1) is 22.7 Å². The highest BCUT2D eigenvalue weighted by Gasteiger charge is 2.41. The van der Waals surface area contributed by atoms with E-state index >= 15 is 0 Å². The van der Waals surface area contributed by atoms with Crippen LogP contribution in [0.25, 0.3) is 130 Å². The van der Waals surface area contributed by atoms with Gasteiger partial charge in [-0.2, -0.15) is 0 Å². The smallest absolute Gasteiger partial charge is 0.160 e. The van der Waals surface area contributed by atoms with Gasteiger partial charge in [0.25, 0.3) is 0 Å². The van der Waals surface area contributed by atoms with Crippen molar-refractivity contribution >= 4 is 63.0 Å². The molecule has 0 aliphatic heterocycles. The van der Waals surface area contributed by atoms with Crippen LogP contribution in [-0.2, 0) is 0 Å². The van der Waals surface area contributed by atoms with E-state index in [1.807, 2.05) is 34.8 Å². The lowest BCUT2D eigenvalue weighted by molar-refractivity contribution is 0.755. The fourth-order valence-electron chi connectivity index (χ4n) is 13.0. The third kappa shape index (κ3) is 7.78. The SMILES string of the molecule is c1ccc(-c2nc(-c3cccc(-c4ccc5c(c4)sc4ccccc45)c3)cc(-c3ccc4c(c3)C3c5ccccc5C4c4cc(-c5cc(-c6cccc(-c7ccc8c(c7)sc7ccccc78)c6)nc(-c6ccccc6)n5)ccc43)n2)cc1. The summed E-state index contributed by atoms with van der Waals surface area (Å²) in [6.45, 7) is 0. The van der Waals surface area contributed by atoms with Crippen LogP contribution in [0.2, 0.25) is 0 Å². The second kappa shape index (κ2) is 18.8. The van der Waals surface area contributed by atoms with E-state index < -0.39 is 0 Å². The third-order valence-corrected chi connectivity index (χ3v) is 19.2. The standard InChI is InChI=1S/C76H46N4S2/c1-3-15-45(16-4-1)75-77-65(51-21-13-19-47(37-51)49-29-33-57-55-23-9-11-27-69(55)81-71(57)41-49)43-67(79-75)53-31-35-61-63(39-53)73-59-25-7-8-26-60(59)74(61)64-40-54(32-36-62(64)73)68-44-66(78-76(80-68)46-17-5-2-6-18-46)52-22-14-20-48(38-52)50-30-34-58-56-24-10-12-28-70(56)82-72(58)42-50/h1-44,73-74H. The van der Waals surface area contributed by atoms with Crippen LogP contribution < -0.4 is 0 Å². The predicted octanol–water partition coefficient (Wildman–Crippen LogP) is 20.3. The normalized spacial score (nSPS) is 14.1. The summed E-state index contributed by atoms with van der Waals surface area (Å²) in [7, 11) is 0. The number of rotatable bonds is 8. The molecular formula is C76H46N4S2. The van der Waals surface area contributed by atoms with E-state index in [4.69, 9.17) is 19.9 Å². The lowest BCUT2D eigenvalue weighted by Gasteiger charge is -2.42. The Bertz CT molecular complexity index is 4760. The minimum absolute atomic E-state index is 0.0421. The molecule has 0 N–H and O–H groups in total. The van der Waals surface area contributed by atoms with Gasteiger partial charge in [0, 0.05) is 85.6 Å². The van der Waals surface area contributed by atoms with Crippen LogP contribution in [0.5, 0.6) is 0 Å². The van der Waals surface area contributed by atoms with E-state index in [9.17, 15) is 0 Å². The fourth-order valence-corrected chi connectivity index (χ4v) is 15.3. The molecular weight excluding hydrogens is 1030 g/mol. The molecule has 0 spiro atoms. The van der Waals surface area contributed by atoms with Gasteiger partial charge in [-0.3, -0.25) is 0 Å². The molecule has 0 amide bonds. The number of hydrogen-bond acceptors (Lipinski definition) is 6. The van der Waals surface area contributed by atoms with E-state index in [0.29, 0.717) is 11.6 Å². The molecule has 0 fully saturated rings. The van der Waals surface area contributed by atoms with Crippen molar-refractivity contribution < 1.29 is 0 Å². The van der Waals surface area contributed by atoms with Crippen LogP contribution in [-0.4, -0.2) is 19.9 Å². The summed E-state index contributed by atoms with van der Waals surface area (Å²) < 4.78 is 5.20. The summed E-state index contributed by atoms with van der Waals surface area (Å²) in [6.07, 6.45) is 0. The molecule has 382 valence electrons. The van der Waals surface area contributed by atoms with Crippen molar-refractivity contribution in [1.29, 1.82) is 0 Å². The van der Waals surface area contributed by atoms with Gasteiger partial charge in [-0.25, -0.2) is 19.9 Å². The molecule has 15 aromatic rings. The molecule has 3 aliphatic carbocycles. The quantitative estimate of drug-likeness (QED) is 0.152. The summed E-state index contributed by atoms with van der Waals surface area (Å²) in [5.74, 6) is 1.49. The lowest BCUT2D eigenvalue weighted by atomic mass is 9.60. The second-order valence-corrected chi connectivity index (χ2v) is 23.8. The van der Waals surface area contributed by atoms with Gasteiger partial charge in [0.15, 0.2) is 11.6 Å². The molecule has 2 bridgehead atoms. The highest BCUT2D eigenvalue weighted by Crippen LogP contribution is 2.57. The zero-order valence-electron chi connectivity index (χ0n) is 44.2. The Kier molecular flexibility index (Phi) is 10.8. The first-order chi connectivity index (χ1) is 40.6. The van der Waals surface area contributed by atoms with E-state index in [1.165, 1.54) is 84.9 Å². The van der Waals surface area contributed by atoms with E-state index in [1.54, 1.807) is 0 Å². The van der Waals surface area contributed by atoms with Crippen LogP contribution in [0, 0.1) is 0 Å². The molecule has 2 atom stereocenters. The van der Waals surface area contributed by atoms with Crippen LogP contribution in [0.1, 0.15) is 45.2 Å². The molecule has 11 aromatic carbocycles. The topological polar surface area (TPSA) is 51.6 Å². The maximum Gasteiger partial charge on any atom is 0.160 e. The molecule has 3 aliphatic rings. The zero-order valence-corrected chi connectivity index (χ0v) is 45.8. The van der Waals surface area contributed by atoms with Crippen LogP contribution in [0.3, 0.4) is 0 Å². The van der Waals surface area contributed by atoms with Crippen LogP contribution in [0.15, 0.2) is 267 Å². The highest BCUT2D eigenvalue weighted by atomic mass is 32.1. The number of benzene rings is 11. The molecule has 6 heteroatoms. The van der Waals surface area contributed by atoms with Gasteiger partial charge in [0.2, 0.25) is 0 Å². The van der Waals surface area contributed by atoms with Gasteiger partial charge >= 0.3 is 0 Å². The summed E-state index contributed by atoms with van der Waals surface area (Å²) >= 11 is 3.70. The summed E-state index contributed by atoms with van der Waals surface area (Å²) in [5, 5.41) is 5.22. The first kappa shape index (κ1) is 46.9. The maximum absolute atomic E-state index is 5.35. The molecule has 82 heavy (non-hydrogen) atoms. The summed E-state index contributed by atoms with van der Waals surface area (Å²) in [5.41, 5.74) is 22.5. The van der Waals surface area contributed by atoms with Gasteiger partial charge in [-0.1, -0.05) is 206 Å². The molecule has 0 radical (unpaired) electrons. The number of thiophene rings is 2. The number of hydrogen-bond donors (Lipinski definition) is 0. The Morgan fingerprint density at radius 3 is 0.988 bits per heavy atom. The van der Waals surface area contributed by atoms with Crippen LogP contribution in [0.4, 0.5) is 0 Å². The molecule has 0 saturated heterocycles. The molecule has 2 unspecified atom stereocenters. The molecule has 4 heterocycles. The summed E-state index contributed by atoms with van der Waals surface area (Å²) in [6, 6.07) is 97.0. The Labute approximate surface area is 482 Å². The molecule has 18 rings (SSSR count). The Morgan fingerprint density at radius 2 is 0.537 bits per heavy atom. The van der Waals surface area contributed by atoms with Gasteiger partial charge in [0.1, 0.15) is 0 Å². The van der Waals surface area contributed by atoms with Crippen molar-refractivity contribution in [2.24, 2.45) is 0 Å². The van der Waals surface area contributed by atoms with E-state index in [-0.39, 0.29) is 11.8 Å². The average molecular weight is 1080 g/mol.